The number of nitrogens with one attached hydrogen (secondary N) is 2. The first-order valence-electron chi connectivity index (χ1n) is 9.46. The summed E-state index contributed by atoms with van der Waals surface area (Å²) in [5.41, 5.74) is 3.92. The van der Waals surface area contributed by atoms with E-state index < -0.39 is 0 Å². The van der Waals surface area contributed by atoms with Crippen LogP contribution in [-0.4, -0.2) is 28.5 Å². The van der Waals surface area contributed by atoms with Crippen molar-refractivity contribution in [2.24, 2.45) is 0 Å². The van der Waals surface area contributed by atoms with Crippen molar-refractivity contribution in [1.82, 2.24) is 14.9 Å². The minimum Gasteiger partial charge on any atom is -0.497 e. The molecule has 1 aromatic heterocycles. The maximum Gasteiger partial charge on any atom is 0.257 e. The molecule has 2 N–H and O–H groups in total. The van der Waals surface area contributed by atoms with E-state index in [2.05, 4.69) is 32.3 Å². The van der Waals surface area contributed by atoms with Gasteiger partial charge in [-0.1, -0.05) is 42.5 Å². The Bertz CT molecular complexity index is 1000. The van der Waals surface area contributed by atoms with Crippen LogP contribution < -0.4 is 15.6 Å². The van der Waals surface area contributed by atoms with Crippen LogP contribution in [0.25, 0.3) is 0 Å². The minimum atomic E-state index is -0.0593. The van der Waals surface area contributed by atoms with Gasteiger partial charge in [-0.2, -0.15) is 0 Å². The smallest absolute Gasteiger partial charge is 0.257 e. The van der Waals surface area contributed by atoms with E-state index in [4.69, 9.17) is 4.74 Å². The maximum absolute atomic E-state index is 12.6. The molecule has 0 unspecified atom stereocenters. The molecule has 0 spiro atoms. The van der Waals surface area contributed by atoms with Crippen LogP contribution in [-0.2, 0) is 26.1 Å². The Morgan fingerprint density at radius 1 is 1.14 bits per heavy atom. The van der Waals surface area contributed by atoms with Crippen LogP contribution in [0.5, 0.6) is 5.75 Å². The van der Waals surface area contributed by atoms with Crippen molar-refractivity contribution < 1.29 is 4.74 Å². The molecule has 0 fully saturated rings. The Morgan fingerprint density at radius 2 is 1.96 bits per heavy atom. The van der Waals surface area contributed by atoms with Crippen LogP contribution in [0.4, 0.5) is 5.95 Å². The number of aromatic amines is 1. The highest BCUT2D eigenvalue weighted by Crippen LogP contribution is 2.18. The third kappa shape index (κ3) is 4.23. The lowest BCUT2D eigenvalue weighted by Crippen LogP contribution is -2.35. The molecule has 0 atom stereocenters. The number of rotatable bonds is 6. The van der Waals surface area contributed by atoms with Gasteiger partial charge in [0.05, 0.1) is 18.4 Å². The summed E-state index contributed by atoms with van der Waals surface area (Å²) in [7, 11) is 1.65. The Balaban J connectivity index is 1.44. The van der Waals surface area contributed by atoms with Gasteiger partial charge in [-0.15, -0.1) is 0 Å². The Hall–Kier alpha value is -3.12. The zero-order chi connectivity index (χ0) is 19.3. The number of hydrogen-bond donors (Lipinski definition) is 2. The van der Waals surface area contributed by atoms with Gasteiger partial charge in [-0.3, -0.25) is 14.7 Å². The molecule has 3 aromatic rings. The number of methoxy groups -OCH3 is 1. The first-order chi connectivity index (χ1) is 13.7. The van der Waals surface area contributed by atoms with Crippen LogP contribution in [0, 0.1) is 0 Å². The summed E-state index contributed by atoms with van der Waals surface area (Å²) in [5, 5.41) is 3.22. The van der Waals surface area contributed by atoms with Crippen molar-refractivity contribution in [1.29, 1.82) is 0 Å². The van der Waals surface area contributed by atoms with Gasteiger partial charge in [0, 0.05) is 32.6 Å². The summed E-state index contributed by atoms with van der Waals surface area (Å²) in [4.78, 5) is 22.4. The molecule has 28 heavy (non-hydrogen) atoms. The van der Waals surface area contributed by atoms with Gasteiger partial charge in [0.2, 0.25) is 5.95 Å². The van der Waals surface area contributed by atoms with Gasteiger partial charge >= 0.3 is 0 Å². The van der Waals surface area contributed by atoms with Gasteiger partial charge in [-0.25, -0.2) is 4.98 Å². The summed E-state index contributed by atoms with van der Waals surface area (Å²) in [6.45, 7) is 2.94. The summed E-state index contributed by atoms with van der Waals surface area (Å²) in [6.07, 6.45) is 0.778. The normalized spacial score (nSPS) is 13.8. The van der Waals surface area contributed by atoms with E-state index >= 15 is 0 Å². The zero-order valence-corrected chi connectivity index (χ0v) is 15.9. The van der Waals surface area contributed by atoms with Crippen LogP contribution in [0.15, 0.2) is 59.4 Å². The molecule has 6 nitrogen and oxygen atoms in total. The molecule has 0 radical (unpaired) electrons. The van der Waals surface area contributed by atoms with Crippen LogP contribution in [0.3, 0.4) is 0 Å². The fraction of sp³-hybridized carbons (Fsp3) is 0.273. The van der Waals surface area contributed by atoms with E-state index in [0.29, 0.717) is 19.0 Å². The quantitative estimate of drug-likeness (QED) is 0.692. The molecule has 0 saturated heterocycles. The molecule has 0 amide bonds. The van der Waals surface area contributed by atoms with Gasteiger partial charge in [-0.05, 0) is 23.3 Å². The van der Waals surface area contributed by atoms with Crippen molar-refractivity contribution >= 4 is 5.95 Å². The second-order valence-corrected chi connectivity index (χ2v) is 6.99. The third-order valence-electron chi connectivity index (χ3n) is 4.99. The SMILES string of the molecule is COc1cccc(CNc2nc3c(c(=O)[nH]2)CN(Cc2ccccc2)CC3)c1. The average molecular weight is 376 g/mol. The van der Waals surface area contributed by atoms with Crippen molar-refractivity contribution in [2.45, 2.75) is 26.1 Å². The number of hydrogen-bond acceptors (Lipinski definition) is 5. The first kappa shape index (κ1) is 18.3. The van der Waals surface area contributed by atoms with Gasteiger partial charge in [0.15, 0.2) is 0 Å². The van der Waals surface area contributed by atoms with Crippen LogP contribution in [0.2, 0.25) is 0 Å². The summed E-state index contributed by atoms with van der Waals surface area (Å²) in [6, 6.07) is 18.2. The molecule has 2 aromatic carbocycles. The van der Waals surface area contributed by atoms with Crippen molar-refractivity contribution in [3.05, 3.63) is 87.3 Å². The number of fused-ring (bicyclic) bond motifs is 1. The monoisotopic (exact) mass is 376 g/mol. The fourth-order valence-corrected chi connectivity index (χ4v) is 3.51. The predicted molar refractivity (Wildman–Crippen MR) is 109 cm³/mol. The minimum absolute atomic E-state index is 0.0593. The van der Waals surface area contributed by atoms with Crippen molar-refractivity contribution in [3.63, 3.8) is 0 Å². The number of anilines is 1. The molecule has 2 heterocycles. The molecule has 1 aliphatic heterocycles. The Labute approximate surface area is 164 Å². The lowest BCUT2D eigenvalue weighted by Gasteiger charge is -2.27. The number of H-pyrrole nitrogens is 1. The third-order valence-corrected chi connectivity index (χ3v) is 4.99. The van der Waals surface area contributed by atoms with E-state index in [9.17, 15) is 4.79 Å². The van der Waals surface area contributed by atoms with E-state index in [-0.39, 0.29) is 5.56 Å². The number of aromatic nitrogens is 2. The van der Waals surface area contributed by atoms with Crippen molar-refractivity contribution in [2.75, 3.05) is 19.0 Å². The highest BCUT2D eigenvalue weighted by molar-refractivity contribution is 5.35. The molecular weight excluding hydrogens is 352 g/mol. The zero-order valence-electron chi connectivity index (χ0n) is 15.9. The van der Waals surface area contributed by atoms with Gasteiger partial charge < -0.3 is 10.1 Å². The van der Waals surface area contributed by atoms with E-state index in [1.165, 1.54) is 5.56 Å². The lowest BCUT2D eigenvalue weighted by molar-refractivity contribution is 0.242. The Morgan fingerprint density at radius 3 is 2.79 bits per heavy atom. The molecule has 0 aliphatic carbocycles. The maximum atomic E-state index is 12.6. The average Bonchev–Trinajstić information content (AvgIpc) is 2.73. The topological polar surface area (TPSA) is 70.2 Å². The fourth-order valence-electron chi connectivity index (χ4n) is 3.51. The molecular formula is C22H24N4O2. The summed E-state index contributed by atoms with van der Waals surface area (Å²) in [5.74, 6) is 1.33. The highest BCUT2D eigenvalue weighted by Gasteiger charge is 2.21. The molecule has 0 saturated carbocycles. The first-order valence-corrected chi connectivity index (χ1v) is 9.46. The van der Waals surface area contributed by atoms with Crippen molar-refractivity contribution in [3.8, 4) is 5.75 Å². The number of nitrogens with zero attached hydrogens (tertiary/aromatic N) is 2. The van der Waals surface area contributed by atoms with Crippen LogP contribution in [0.1, 0.15) is 22.4 Å². The molecule has 1 aliphatic rings. The van der Waals surface area contributed by atoms with E-state index in [1.807, 2.05) is 42.5 Å². The van der Waals surface area contributed by atoms with Gasteiger partial charge in [0.25, 0.3) is 5.56 Å². The predicted octanol–water partition coefficient (Wildman–Crippen LogP) is 2.95. The highest BCUT2D eigenvalue weighted by atomic mass is 16.5. The second kappa shape index (κ2) is 8.27. The molecule has 6 heteroatoms. The molecule has 0 bridgehead atoms. The largest absolute Gasteiger partial charge is 0.497 e. The lowest BCUT2D eigenvalue weighted by atomic mass is 10.1. The second-order valence-electron chi connectivity index (χ2n) is 6.99. The number of ether oxygens (including phenoxy) is 1. The Kier molecular flexibility index (Phi) is 5.39. The van der Waals surface area contributed by atoms with E-state index in [0.717, 1.165) is 42.1 Å². The standard InChI is InChI=1S/C22H24N4O2/c1-28-18-9-5-8-17(12-18)13-23-22-24-20-10-11-26(15-19(20)21(27)25-22)14-16-6-3-2-4-7-16/h2-9,12H,10-11,13-15H2,1H3,(H2,23,24,25,27). The summed E-state index contributed by atoms with van der Waals surface area (Å²) >= 11 is 0. The van der Waals surface area contributed by atoms with Crippen LogP contribution >= 0.6 is 0 Å². The number of benzene rings is 2. The molecule has 144 valence electrons. The van der Waals surface area contributed by atoms with E-state index in [1.54, 1.807) is 7.11 Å². The summed E-state index contributed by atoms with van der Waals surface area (Å²) < 4.78 is 5.25. The van der Waals surface area contributed by atoms with Gasteiger partial charge in [0.1, 0.15) is 5.75 Å². The molecule has 4 rings (SSSR count).